The van der Waals surface area contributed by atoms with Crippen molar-refractivity contribution >= 4 is 47.1 Å². The van der Waals surface area contributed by atoms with E-state index in [-0.39, 0.29) is 97.5 Å². The highest BCUT2D eigenvalue weighted by Crippen LogP contribution is 2.36. The van der Waals surface area contributed by atoms with E-state index in [0.29, 0.717) is 17.5 Å². The van der Waals surface area contributed by atoms with Crippen LogP contribution in [0.1, 0.15) is 169 Å². The first-order chi connectivity index (χ1) is 38.9. The number of carbonyl (C=O) groups excluding carboxylic acids is 8. The van der Waals surface area contributed by atoms with Gasteiger partial charge in [0.25, 0.3) is 11.8 Å². The molecule has 2 aliphatic carbocycles. The molecule has 7 amide bonds. The molecular formula is C66H86N8O8. The van der Waals surface area contributed by atoms with Crippen LogP contribution in [0.3, 0.4) is 0 Å². The summed E-state index contributed by atoms with van der Waals surface area (Å²) in [6.45, 7) is 17.1. The molecule has 16 nitrogen and oxygen atoms in total. The molecule has 0 radical (unpaired) electrons. The van der Waals surface area contributed by atoms with Crippen molar-refractivity contribution in [3.05, 3.63) is 130 Å². The second kappa shape index (κ2) is 25.9. The van der Waals surface area contributed by atoms with Gasteiger partial charge in [-0.2, -0.15) is 0 Å². The Morgan fingerprint density at radius 3 is 1.43 bits per heavy atom. The molecule has 8 rings (SSSR count). The lowest BCUT2D eigenvalue weighted by Gasteiger charge is -2.36. The molecule has 4 aromatic carbocycles. The van der Waals surface area contributed by atoms with Gasteiger partial charge in [0, 0.05) is 54.6 Å². The largest absolute Gasteiger partial charge is 0.347 e. The lowest BCUT2D eigenvalue weighted by molar-refractivity contribution is -0.146. The highest BCUT2D eigenvalue weighted by Gasteiger charge is 2.48. The molecule has 2 saturated heterocycles. The summed E-state index contributed by atoms with van der Waals surface area (Å²) in [7, 11) is 1.71. The molecule has 0 saturated carbocycles. The van der Waals surface area contributed by atoms with E-state index in [4.69, 9.17) is 0 Å². The normalized spacial score (nSPS) is 22.1. The van der Waals surface area contributed by atoms with Crippen LogP contribution >= 0.6 is 0 Å². The number of hydrogen-bond acceptors (Lipinski definition) is 9. The molecule has 2 aliphatic heterocycles. The molecule has 10 atom stereocenters. The fourth-order valence-electron chi connectivity index (χ4n) is 12.2. The van der Waals surface area contributed by atoms with Gasteiger partial charge in [-0.25, -0.2) is 0 Å². The van der Waals surface area contributed by atoms with Crippen LogP contribution in [0.5, 0.6) is 0 Å². The van der Waals surface area contributed by atoms with Crippen LogP contribution in [-0.2, 0) is 41.6 Å². The van der Waals surface area contributed by atoms with Crippen LogP contribution in [0.4, 0.5) is 0 Å². The SMILES string of the molecule is CC[C@@H](C)C(=O)N[C@H](C(=O)N1C[C@@H](NC(=O)c2ccc(-c3ccc(C(=O)N[C@H]4C[C@@H](C(=O)N[C@@H]5CCCc6ccccc65)N(C(=O)[C@@H](CC(=O)[C@H](C)NC)C(C)(C)C)C4)cc3)cc2)C[C@H]1C(=O)N[C@@H]1CCCc2ccccc21)C(C)(C)C. The quantitative estimate of drug-likeness (QED) is 0.0570. The number of hydrogen-bond donors (Lipinski definition) is 6. The summed E-state index contributed by atoms with van der Waals surface area (Å²) >= 11 is 0. The van der Waals surface area contributed by atoms with Gasteiger partial charge < -0.3 is 41.7 Å². The molecule has 16 heteroatoms. The number of Topliss-reactive ketones (excluding diaryl/α,β-unsaturated/α-hetero) is 1. The van der Waals surface area contributed by atoms with Crippen LogP contribution in [0.25, 0.3) is 11.1 Å². The maximum atomic E-state index is 14.7. The van der Waals surface area contributed by atoms with Crippen molar-refractivity contribution < 1.29 is 38.4 Å². The molecule has 0 unspecified atom stereocenters. The summed E-state index contributed by atoms with van der Waals surface area (Å²) in [5.41, 5.74) is 5.60. The summed E-state index contributed by atoms with van der Waals surface area (Å²) in [6, 6.07) is 25.6. The average Bonchev–Trinajstić information content (AvgIpc) is 4.28. The van der Waals surface area contributed by atoms with Crippen molar-refractivity contribution in [3.8, 4) is 11.1 Å². The Morgan fingerprint density at radius 2 is 1.01 bits per heavy atom. The number of fused-ring (bicyclic) bond motifs is 2. The van der Waals surface area contributed by atoms with E-state index in [1.54, 1.807) is 43.1 Å². The fraction of sp³-hybridized carbons (Fsp3) is 0.515. The number of benzene rings is 4. The second-order valence-electron chi connectivity index (χ2n) is 25.5. The fourth-order valence-corrected chi connectivity index (χ4v) is 12.2. The number of rotatable bonds is 18. The zero-order valence-corrected chi connectivity index (χ0v) is 49.7. The Morgan fingerprint density at radius 1 is 0.573 bits per heavy atom. The first kappa shape index (κ1) is 60.9. The van der Waals surface area contributed by atoms with E-state index in [0.717, 1.165) is 60.8 Å². The number of amides is 7. The van der Waals surface area contributed by atoms with Crippen molar-refractivity contribution in [2.45, 2.75) is 175 Å². The van der Waals surface area contributed by atoms with Gasteiger partial charge in [0.15, 0.2) is 0 Å². The average molecular weight is 1120 g/mol. The molecule has 2 heterocycles. The van der Waals surface area contributed by atoms with Gasteiger partial charge in [-0.15, -0.1) is 0 Å². The highest BCUT2D eigenvalue weighted by atomic mass is 16.2. The van der Waals surface area contributed by atoms with E-state index in [2.05, 4.69) is 44.0 Å². The number of nitrogens with one attached hydrogen (secondary N) is 6. The minimum atomic E-state index is -0.914. The molecular weight excluding hydrogens is 1030 g/mol. The van der Waals surface area contributed by atoms with E-state index < -0.39 is 53.0 Å². The first-order valence-corrected chi connectivity index (χ1v) is 29.7. The number of nitrogens with zero attached hydrogens (tertiary/aromatic N) is 2. The topological polar surface area (TPSA) is 215 Å². The molecule has 0 bridgehead atoms. The zero-order chi connectivity index (χ0) is 59.2. The second-order valence-corrected chi connectivity index (χ2v) is 25.5. The Kier molecular flexibility index (Phi) is 19.3. The third-order valence-electron chi connectivity index (χ3n) is 17.6. The van der Waals surface area contributed by atoms with Crippen LogP contribution in [0.15, 0.2) is 97.1 Å². The lowest BCUT2D eigenvalue weighted by atomic mass is 9.76. The van der Waals surface area contributed by atoms with Crippen molar-refractivity contribution in [1.29, 1.82) is 0 Å². The first-order valence-electron chi connectivity index (χ1n) is 29.7. The minimum Gasteiger partial charge on any atom is -0.347 e. The summed E-state index contributed by atoms with van der Waals surface area (Å²) in [5, 5.41) is 18.7. The maximum Gasteiger partial charge on any atom is 0.251 e. The van der Waals surface area contributed by atoms with Crippen LogP contribution in [0.2, 0.25) is 0 Å². The third-order valence-corrected chi connectivity index (χ3v) is 17.6. The summed E-state index contributed by atoms with van der Waals surface area (Å²) in [5.74, 6) is -3.33. The Labute approximate surface area is 484 Å². The molecule has 2 fully saturated rings. The molecule has 6 N–H and O–H groups in total. The van der Waals surface area contributed by atoms with E-state index >= 15 is 0 Å². The highest BCUT2D eigenvalue weighted by molar-refractivity contribution is 5.98. The van der Waals surface area contributed by atoms with Crippen LogP contribution in [0, 0.1) is 22.7 Å². The van der Waals surface area contributed by atoms with Gasteiger partial charge >= 0.3 is 0 Å². The standard InChI is InChI=1S/C66H86N8O8/c1-11-39(2)58(76)72-57(66(7,8)9)64(82)74-38-48(35-55(74)62(80)71-53-25-17-21-44-19-13-15-23-50(44)53)69-60(78)46-32-28-42(29-33-46)41-26-30-45(31-27-41)59(77)68-47-34-54(61(79)70-52-24-16-20-43-18-12-14-22-49(43)52)73(37-47)63(81)51(65(4,5)6)36-56(75)40(3)67-10/h12-15,18-19,22-23,26-33,39-40,47-48,51-55,57,67H,11,16-17,20-21,24-25,34-38H2,1-10H3,(H,68,77)(H,69,78)(H,70,79)(H,71,80)(H,72,76)/t39-,40+,47+,48+,51-,52-,53-,54+,55+,57-/m1/s1. The molecule has 4 aliphatic rings. The van der Waals surface area contributed by atoms with Crippen molar-refractivity contribution in [3.63, 3.8) is 0 Å². The predicted octanol–water partition coefficient (Wildman–Crippen LogP) is 7.95. The van der Waals surface area contributed by atoms with Crippen molar-refractivity contribution in [2.75, 3.05) is 20.1 Å². The van der Waals surface area contributed by atoms with Gasteiger partial charge in [0.05, 0.1) is 18.1 Å². The monoisotopic (exact) mass is 1120 g/mol. The van der Waals surface area contributed by atoms with Gasteiger partial charge in [0.1, 0.15) is 23.9 Å². The van der Waals surface area contributed by atoms with Crippen molar-refractivity contribution in [1.82, 2.24) is 41.7 Å². The summed E-state index contributed by atoms with van der Waals surface area (Å²) in [6.07, 6.45) is 6.22. The van der Waals surface area contributed by atoms with Crippen LogP contribution in [-0.4, -0.2) is 113 Å². The summed E-state index contributed by atoms with van der Waals surface area (Å²) < 4.78 is 0. The van der Waals surface area contributed by atoms with E-state index in [1.807, 2.05) is 116 Å². The number of ketones is 1. The predicted molar refractivity (Wildman–Crippen MR) is 317 cm³/mol. The van der Waals surface area contributed by atoms with Gasteiger partial charge in [-0.1, -0.05) is 128 Å². The van der Waals surface area contributed by atoms with Crippen molar-refractivity contribution in [2.24, 2.45) is 22.7 Å². The molecule has 0 spiro atoms. The smallest absolute Gasteiger partial charge is 0.251 e. The lowest BCUT2D eigenvalue weighted by Crippen LogP contribution is -2.58. The molecule has 82 heavy (non-hydrogen) atoms. The van der Waals surface area contributed by atoms with E-state index in [9.17, 15) is 38.4 Å². The zero-order valence-electron chi connectivity index (χ0n) is 49.7. The van der Waals surface area contributed by atoms with Gasteiger partial charge in [0.2, 0.25) is 29.5 Å². The number of likely N-dealkylation sites (N-methyl/N-ethyl adjacent to an activating group) is 1. The van der Waals surface area contributed by atoms with E-state index in [1.165, 1.54) is 16.0 Å². The molecule has 0 aromatic heterocycles. The molecule has 4 aromatic rings. The molecule has 438 valence electrons. The Hall–Kier alpha value is -7.20. The van der Waals surface area contributed by atoms with Crippen LogP contribution < -0.4 is 31.9 Å². The van der Waals surface area contributed by atoms with Gasteiger partial charge in [-0.05, 0) is 140 Å². The summed E-state index contributed by atoms with van der Waals surface area (Å²) in [4.78, 5) is 116. The Bertz CT molecular complexity index is 2800. The Balaban J connectivity index is 0.937. The number of carbonyl (C=O) groups is 8. The third kappa shape index (κ3) is 14.2. The number of likely N-dealkylation sites (tertiary alicyclic amines) is 2. The van der Waals surface area contributed by atoms with Gasteiger partial charge in [-0.3, -0.25) is 38.4 Å². The minimum absolute atomic E-state index is 0.00660. The number of aryl methyl sites for hydroxylation is 2. The maximum absolute atomic E-state index is 14.7.